The van der Waals surface area contributed by atoms with Gasteiger partial charge in [-0.05, 0) is 24.5 Å². The predicted molar refractivity (Wildman–Crippen MR) is 59.3 cm³/mol. The van der Waals surface area contributed by atoms with E-state index in [1.54, 1.807) is 13.3 Å². The Morgan fingerprint density at radius 3 is 2.69 bits per heavy atom. The zero-order valence-electron chi connectivity index (χ0n) is 9.45. The maximum Gasteiger partial charge on any atom is 0.141 e. The number of hydrogen-bond donors (Lipinski definition) is 1. The molecule has 1 fully saturated rings. The Balaban J connectivity index is 2.26. The third kappa shape index (κ3) is 1.95. The molecule has 0 radical (unpaired) electrons. The SMILES string of the molecule is COC1(C(N)c2cncc(F)c2)CCCC1. The minimum absolute atomic E-state index is 0.303. The van der Waals surface area contributed by atoms with Crippen molar-refractivity contribution in [2.75, 3.05) is 7.11 Å². The van der Waals surface area contributed by atoms with Crippen molar-refractivity contribution in [2.24, 2.45) is 5.73 Å². The molecular formula is C12H17FN2O. The lowest BCUT2D eigenvalue weighted by Crippen LogP contribution is -2.40. The maximum absolute atomic E-state index is 13.1. The summed E-state index contributed by atoms with van der Waals surface area (Å²) in [4.78, 5) is 3.83. The van der Waals surface area contributed by atoms with Crippen LogP contribution in [0.2, 0.25) is 0 Å². The first kappa shape index (κ1) is 11.5. The molecule has 88 valence electrons. The van der Waals surface area contributed by atoms with Gasteiger partial charge in [-0.25, -0.2) is 4.39 Å². The second kappa shape index (κ2) is 4.47. The van der Waals surface area contributed by atoms with E-state index in [0.29, 0.717) is 5.56 Å². The highest BCUT2D eigenvalue weighted by Crippen LogP contribution is 2.41. The maximum atomic E-state index is 13.1. The Morgan fingerprint density at radius 2 is 2.12 bits per heavy atom. The zero-order chi connectivity index (χ0) is 11.6. The monoisotopic (exact) mass is 224 g/mol. The van der Waals surface area contributed by atoms with E-state index in [9.17, 15) is 4.39 Å². The van der Waals surface area contributed by atoms with Crippen LogP contribution in [-0.4, -0.2) is 17.7 Å². The molecule has 0 saturated heterocycles. The summed E-state index contributed by atoms with van der Waals surface area (Å²) >= 11 is 0. The summed E-state index contributed by atoms with van der Waals surface area (Å²) in [5.41, 5.74) is 6.56. The molecule has 0 amide bonds. The van der Waals surface area contributed by atoms with Crippen molar-refractivity contribution in [1.29, 1.82) is 0 Å². The highest BCUT2D eigenvalue weighted by atomic mass is 19.1. The fourth-order valence-corrected chi connectivity index (χ4v) is 2.52. The van der Waals surface area contributed by atoms with E-state index in [-0.39, 0.29) is 17.5 Å². The zero-order valence-corrected chi connectivity index (χ0v) is 9.45. The molecule has 16 heavy (non-hydrogen) atoms. The normalized spacial score (nSPS) is 20.9. The molecule has 0 spiro atoms. The fourth-order valence-electron chi connectivity index (χ4n) is 2.52. The quantitative estimate of drug-likeness (QED) is 0.856. The van der Waals surface area contributed by atoms with Crippen LogP contribution in [-0.2, 0) is 4.74 Å². The van der Waals surface area contributed by atoms with Gasteiger partial charge < -0.3 is 10.5 Å². The minimum Gasteiger partial charge on any atom is -0.376 e. The standard InChI is InChI=1S/C12H17FN2O/c1-16-12(4-2-3-5-12)11(14)9-6-10(13)8-15-7-9/h6-8,11H,2-5,14H2,1H3. The molecule has 1 aromatic heterocycles. The average Bonchev–Trinajstić information content (AvgIpc) is 2.78. The van der Waals surface area contributed by atoms with Gasteiger partial charge in [-0.1, -0.05) is 12.8 Å². The molecule has 1 saturated carbocycles. The lowest BCUT2D eigenvalue weighted by atomic mass is 9.88. The summed E-state index contributed by atoms with van der Waals surface area (Å²) < 4.78 is 18.7. The van der Waals surface area contributed by atoms with Gasteiger partial charge in [0.05, 0.1) is 17.8 Å². The van der Waals surface area contributed by atoms with Crippen LogP contribution >= 0.6 is 0 Å². The number of halogens is 1. The smallest absolute Gasteiger partial charge is 0.141 e. The second-order valence-electron chi connectivity index (χ2n) is 4.39. The summed E-state index contributed by atoms with van der Waals surface area (Å²) in [5.74, 6) is -0.350. The molecule has 0 bridgehead atoms. The van der Waals surface area contributed by atoms with Crippen molar-refractivity contribution in [3.8, 4) is 0 Å². The van der Waals surface area contributed by atoms with Gasteiger partial charge in [-0.15, -0.1) is 0 Å². The van der Waals surface area contributed by atoms with E-state index in [1.807, 2.05) is 0 Å². The van der Waals surface area contributed by atoms with E-state index in [2.05, 4.69) is 4.98 Å². The van der Waals surface area contributed by atoms with Gasteiger partial charge in [0.2, 0.25) is 0 Å². The van der Waals surface area contributed by atoms with Gasteiger partial charge in [-0.3, -0.25) is 4.98 Å². The fraction of sp³-hybridized carbons (Fsp3) is 0.583. The lowest BCUT2D eigenvalue weighted by Gasteiger charge is -2.33. The van der Waals surface area contributed by atoms with Crippen LogP contribution in [0.3, 0.4) is 0 Å². The van der Waals surface area contributed by atoms with Crippen LogP contribution < -0.4 is 5.73 Å². The molecule has 1 aliphatic rings. The molecule has 0 aliphatic heterocycles. The Labute approximate surface area is 94.8 Å². The Morgan fingerprint density at radius 1 is 1.44 bits per heavy atom. The number of methoxy groups -OCH3 is 1. The number of ether oxygens (including phenoxy) is 1. The van der Waals surface area contributed by atoms with Gasteiger partial charge in [-0.2, -0.15) is 0 Å². The first-order chi connectivity index (χ1) is 7.68. The van der Waals surface area contributed by atoms with Gasteiger partial charge in [0.15, 0.2) is 0 Å². The summed E-state index contributed by atoms with van der Waals surface area (Å²) in [7, 11) is 1.68. The Bertz CT molecular complexity index is 364. The van der Waals surface area contributed by atoms with E-state index in [1.165, 1.54) is 12.3 Å². The first-order valence-electron chi connectivity index (χ1n) is 5.59. The summed E-state index contributed by atoms with van der Waals surface area (Å²) in [5, 5.41) is 0. The number of nitrogens with zero attached hydrogens (tertiary/aromatic N) is 1. The molecule has 1 aromatic rings. The van der Waals surface area contributed by atoms with E-state index in [4.69, 9.17) is 10.5 Å². The van der Waals surface area contributed by atoms with Crippen LogP contribution in [0.15, 0.2) is 18.5 Å². The van der Waals surface area contributed by atoms with E-state index in [0.717, 1.165) is 25.7 Å². The number of aromatic nitrogens is 1. The largest absolute Gasteiger partial charge is 0.376 e. The van der Waals surface area contributed by atoms with Crippen molar-refractivity contribution in [3.63, 3.8) is 0 Å². The van der Waals surface area contributed by atoms with Gasteiger partial charge in [0.25, 0.3) is 0 Å². The molecular weight excluding hydrogens is 207 g/mol. The molecule has 2 rings (SSSR count). The van der Waals surface area contributed by atoms with Crippen molar-refractivity contribution >= 4 is 0 Å². The Kier molecular flexibility index (Phi) is 3.21. The van der Waals surface area contributed by atoms with E-state index < -0.39 is 0 Å². The molecule has 1 aliphatic carbocycles. The third-order valence-corrected chi connectivity index (χ3v) is 3.51. The number of rotatable bonds is 3. The van der Waals surface area contributed by atoms with E-state index >= 15 is 0 Å². The first-order valence-corrected chi connectivity index (χ1v) is 5.59. The van der Waals surface area contributed by atoms with Crippen LogP contribution in [0.5, 0.6) is 0 Å². The molecule has 3 nitrogen and oxygen atoms in total. The van der Waals surface area contributed by atoms with Crippen molar-refractivity contribution < 1.29 is 9.13 Å². The summed E-state index contributed by atoms with van der Waals surface area (Å²) in [6.07, 6.45) is 6.90. The topological polar surface area (TPSA) is 48.1 Å². The summed E-state index contributed by atoms with van der Waals surface area (Å²) in [6.45, 7) is 0. The van der Waals surface area contributed by atoms with Crippen LogP contribution in [0.25, 0.3) is 0 Å². The predicted octanol–water partition coefficient (Wildman–Crippen LogP) is 2.18. The van der Waals surface area contributed by atoms with Crippen LogP contribution in [0.1, 0.15) is 37.3 Å². The van der Waals surface area contributed by atoms with Gasteiger partial charge in [0, 0.05) is 13.3 Å². The highest BCUT2D eigenvalue weighted by Gasteiger charge is 2.40. The molecule has 1 heterocycles. The van der Waals surface area contributed by atoms with Crippen molar-refractivity contribution in [2.45, 2.75) is 37.3 Å². The molecule has 1 atom stereocenters. The molecule has 1 unspecified atom stereocenters. The summed E-state index contributed by atoms with van der Waals surface area (Å²) in [6, 6.07) is 1.14. The van der Waals surface area contributed by atoms with Crippen LogP contribution in [0.4, 0.5) is 4.39 Å². The number of pyridine rings is 1. The van der Waals surface area contributed by atoms with Crippen LogP contribution in [0, 0.1) is 5.82 Å². The highest BCUT2D eigenvalue weighted by molar-refractivity contribution is 5.19. The van der Waals surface area contributed by atoms with Gasteiger partial charge >= 0.3 is 0 Å². The van der Waals surface area contributed by atoms with Crippen molar-refractivity contribution in [3.05, 3.63) is 29.8 Å². The average molecular weight is 224 g/mol. The molecule has 0 aromatic carbocycles. The minimum atomic E-state index is -0.350. The second-order valence-corrected chi connectivity index (χ2v) is 4.39. The number of hydrogen-bond acceptors (Lipinski definition) is 3. The Hall–Kier alpha value is -1.00. The molecule has 2 N–H and O–H groups in total. The van der Waals surface area contributed by atoms with Crippen molar-refractivity contribution in [1.82, 2.24) is 4.98 Å². The lowest BCUT2D eigenvalue weighted by molar-refractivity contribution is -0.0265. The molecule has 4 heteroatoms. The third-order valence-electron chi connectivity index (χ3n) is 3.51. The number of nitrogens with two attached hydrogens (primary N) is 1. The van der Waals surface area contributed by atoms with Gasteiger partial charge in [0.1, 0.15) is 5.82 Å².